The van der Waals surface area contributed by atoms with Crippen LogP contribution in [-0.4, -0.2) is 49.8 Å². The van der Waals surface area contributed by atoms with Gasteiger partial charge in [-0.15, -0.1) is 0 Å². The van der Waals surface area contributed by atoms with Crippen LogP contribution >= 0.6 is 23.2 Å². The monoisotopic (exact) mass is 806 g/mol. The van der Waals surface area contributed by atoms with Crippen molar-refractivity contribution in [2.45, 2.75) is 86.2 Å². The van der Waals surface area contributed by atoms with Crippen molar-refractivity contribution < 1.29 is 27.0 Å². The van der Waals surface area contributed by atoms with E-state index in [1.165, 1.54) is 0 Å². The number of hydrogen-bond acceptors (Lipinski definition) is 8. The van der Waals surface area contributed by atoms with Crippen molar-refractivity contribution in [2.75, 3.05) is 11.5 Å². The standard InChI is InChI=1S/2C21H22ClNO3S/c2*1-21(24)10-8-15(9-11-21)14-27(25,26)19-5-2-16(3-6-19)20-7-4-18(22)12-17(20)13-23/h2*2-7,12,15,24H,8-11,14H2,1H3. The van der Waals surface area contributed by atoms with Crippen LogP contribution < -0.4 is 0 Å². The highest BCUT2D eigenvalue weighted by Crippen LogP contribution is 2.36. The third-order valence-corrected chi connectivity index (χ3v) is 14.8. The lowest BCUT2D eigenvalue weighted by atomic mass is 9.81. The Kier molecular flexibility index (Phi) is 13.0. The first kappa shape index (κ1) is 41.4. The molecule has 0 aromatic heterocycles. The number of nitriles is 2. The highest BCUT2D eigenvalue weighted by molar-refractivity contribution is 7.91. The number of benzene rings is 4. The lowest BCUT2D eigenvalue weighted by molar-refractivity contribution is 0.0104. The van der Waals surface area contributed by atoms with E-state index in [1.54, 1.807) is 84.9 Å². The van der Waals surface area contributed by atoms with Crippen molar-refractivity contribution in [1.29, 1.82) is 10.5 Å². The second-order valence-corrected chi connectivity index (χ2v) is 20.0. The van der Waals surface area contributed by atoms with Gasteiger partial charge in [0.05, 0.1) is 55.8 Å². The number of rotatable bonds is 8. The summed E-state index contributed by atoms with van der Waals surface area (Å²) >= 11 is 11.9. The predicted molar refractivity (Wildman–Crippen MR) is 212 cm³/mol. The topological polar surface area (TPSA) is 156 Å². The summed E-state index contributed by atoms with van der Waals surface area (Å²) in [6.07, 6.45) is 5.45. The number of aliphatic hydroxyl groups is 2. The molecule has 2 N–H and O–H groups in total. The van der Waals surface area contributed by atoms with E-state index in [0.29, 0.717) is 46.9 Å². The zero-order valence-corrected chi connectivity index (χ0v) is 33.4. The Morgan fingerprint density at radius 1 is 0.593 bits per heavy atom. The SMILES string of the molecule is CC1(O)CCC(CS(=O)(=O)c2ccc(-c3ccc(Cl)cc3C#N)cc2)CC1.CC1(O)CCC(CS(=O)(=O)c2ccc(-c3ccc(Cl)cc3C#N)cc2)CC1. The summed E-state index contributed by atoms with van der Waals surface area (Å²) in [7, 11) is -6.77. The summed E-state index contributed by atoms with van der Waals surface area (Å²) in [5.41, 5.74) is 2.56. The lowest BCUT2D eigenvalue weighted by Gasteiger charge is -2.32. The first-order chi connectivity index (χ1) is 25.4. The fourth-order valence-electron chi connectivity index (χ4n) is 7.15. The smallest absolute Gasteiger partial charge is 0.178 e. The molecule has 54 heavy (non-hydrogen) atoms. The molecule has 0 unspecified atom stereocenters. The van der Waals surface area contributed by atoms with Crippen LogP contribution in [0.2, 0.25) is 10.0 Å². The van der Waals surface area contributed by atoms with E-state index < -0.39 is 30.9 Å². The molecule has 4 aromatic carbocycles. The first-order valence-corrected chi connectivity index (χ1v) is 22.0. The second-order valence-electron chi connectivity index (χ2n) is 15.1. The Morgan fingerprint density at radius 3 is 1.20 bits per heavy atom. The molecule has 6 rings (SSSR count). The molecular weight excluding hydrogens is 764 g/mol. The molecule has 0 aliphatic heterocycles. The molecule has 2 aliphatic rings. The van der Waals surface area contributed by atoms with E-state index >= 15 is 0 Å². The molecule has 0 bridgehead atoms. The Morgan fingerprint density at radius 2 is 0.907 bits per heavy atom. The van der Waals surface area contributed by atoms with Gasteiger partial charge in [-0.3, -0.25) is 0 Å². The molecule has 2 fully saturated rings. The molecule has 284 valence electrons. The van der Waals surface area contributed by atoms with Crippen LogP contribution in [0, 0.1) is 34.5 Å². The largest absolute Gasteiger partial charge is 0.390 e. The molecule has 0 heterocycles. The molecular formula is C42H44Cl2N2O6S2. The Labute approximate surface area is 328 Å². The van der Waals surface area contributed by atoms with Crippen LogP contribution in [0.4, 0.5) is 0 Å². The molecule has 0 spiro atoms. The van der Waals surface area contributed by atoms with Crippen LogP contribution in [0.3, 0.4) is 0 Å². The summed E-state index contributed by atoms with van der Waals surface area (Å²) < 4.78 is 51.0. The minimum atomic E-state index is -3.39. The fourth-order valence-corrected chi connectivity index (χ4v) is 10.9. The van der Waals surface area contributed by atoms with Crippen molar-refractivity contribution in [3.8, 4) is 34.4 Å². The van der Waals surface area contributed by atoms with E-state index in [-0.39, 0.29) is 33.1 Å². The van der Waals surface area contributed by atoms with E-state index in [1.807, 2.05) is 13.8 Å². The van der Waals surface area contributed by atoms with Gasteiger partial charge in [0.25, 0.3) is 0 Å². The third-order valence-electron chi connectivity index (χ3n) is 10.5. The van der Waals surface area contributed by atoms with Crippen LogP contribution in [0.15, 0.2) is 94.7 Å². The predicted octanol–water partition coefficient (Wildman–Crippen LogP) is 9.19. The maximum atomic E-state index is 12.7. The molecule has 2 saturated carbocycles. The lowest BCUT2D eigenvalue weighted by Crippen LogP contribution is -2.32. The Hall–Kier alpha value is -3.74. The third kappa shape index (κ3) is 10.7. The van der Waals surface area contributed by atoms with Gasteiger partial charge in [0, 0.05) is 10.0 Å². The molecule has 8 nitrogen and oxygen atoms in total. The van der Waals surface area contributed by atoms with Gasteiger partial charge in [-0.25, -0.2) is 16.8 Å². The van der Waals surface area contributed by atoms with Crippen LogP contribution in [-0.2, 0) is 19.7 Å². The van der Waals surface area contributed by atoms with Gasteiger partial charge in [-0.2, -0.15) is 10.5 Å². The summed E-state index contributed by atoms with van der Waals surface area (Å²) in [6, 6.07) is 27.7. The maximum absolute atomic E-state index is 12.7. The summed E-state index contributed by atoms with van der Waals surface area (Å²) in [5.74, 6) is 0.368. The van der Waals surface area contributed by atoms with Crippen LogP contribution in [0.25, 0.3) is 22.3 Å². The molecule has 0 atom stereocenters. The zero-order chi connectivity index (χ0) is 39.3. The van der Waals surface area contributed by atoms with Crippen molar-refractivity contribution in [3.05, 3.63) is 106 Å². The van der Waals surface area contributed by atoms with Gasteiger partial charge in [-0.1, -0.05) is 59.6 Å². The maximum Gasteiger partial charge on any atom is 0.178 e. The van der Waals surface area contributed by atoms with E-state index in [4.69, 9.17) is 23.2 Å². The number of nitrogens with zero attached hydrogens (tertiary/aromatic N) is 2. The van der Waals surface area contributed by atoms with Gasteiger partial charge in [0.15, 0.2) is 19.7 Å². The fraction of sp³-hybridized carbons (Fsp3) is 0.381. The van der Waals surface area contributed by atoms with Gasteiger partial charge in [0.1, 0.15) is 0 Å². The van der Waals surface area contributed by atoms with Crippen molar-refractivity contribution >= 4 is 42.9 Å². The summed E-state index contributed by atoms with van der Waals surface area (Å²) in [4.78, 5) is 0.576. The average molecular weight is 808 g/mol. The molecule has 2 aliphatic carbocycles. The van der Waals surface area contributed by atoms with Gasteiger partial charge in [-0.05, 0) is 148 Å². The quantitative estimate of drug-likeness (QED) is 0.179. The van der Waals surface area contributed by atoms with Gasteiger partial charge in [0.2, 0.25) is 0 Å². The highest BCUT2D eigenvalue weighted by Gasteiger charge is 2.33. The molecule has 0 radical (unpaired) electrons. The van der Waals surface area contributed by atoms with Crippen molar-refractivity contribution in [2.24, 2.45) is 11.8 Å². The number of sulfone groups is 2. The van der Waals surface area contributed by atoms with Gasteiger partial charge >= 0.3 is 0 Å². The van der Waals surface area contributed by atoms with E-state index in [9.17, 15) is 37.6 Å². The zero-order valence-electron chi connectivity index (χ0n) is 30.3. The molecule has 4 aromatic rings. The summed E-state index contributed by atoms with van der Waals surface area (Å²) in [5, 5.41) is 39.6. The van der Waals surface area contributed by atoms with Crippen LogP contribution in [0.5, 0.6) is 0 Å². The normalized spacial score (nSPS) is 23.0. The second kappa shape index (κ2) is 17.0. The van der Waals surface area contributed by atoms with E-state index in [2.05, 4.69) is 12.1 Å². The minimum absolute atomic E-state index is 0.0800. The molecule has 12 heteroatoms. The molecule has 0 amide bonds. The summed E-state index contributed by atoms with van der Waals surface area (Å²) in [6.45, 7) is 3.62. The number of halogens is 2. The Balaban J connectivity index is 0.000000208. The number of hydrogen-bond donors (Lipinski definition) is 2. The first-order valence-electron chi connectivity index (χ1n) is 17.9. The average Bonchev–Trinajstić information content (AvgIpc) is 3.13. The van der Waals surface area contributed by atoms with Crippen molar-refractivity contribution in [3.63, 3.8) is 0 Å². The molecule has 0 saturated heterocycles. The minimum Gasteiger partial charge on any atom is -0.390 e. The highest BCUT2D eigenvalue weighted by atomic mass is 35.5. The van der Waals surface area contributed by atoms with E-state index in [0.717, 1.165) is 47.9 Å². The van der Waals surface area contributed by atoms with Gasteiger partial charge < -0.3 is 10.2 Å². The van der Waals surface area contributed by atoms with Crippen LogP contribution in [0.1, 0.15) is 76.3 Å². The Bertz CT molecular complexity index is 2090. The van der Waals surface area contributed by atoms with Crippen molar-refractivity contribution in [1.82, 2.24) is 0 Å².